The van der Waals surface area contributed by atoms with Crippen molar-refractivity contribution in [3.05, 3.63) is 29.8 Å². The molecule has 2 rings (SSSR count). The summed E-state index contributed by atoms with van der Waals surface area (Å²) in [4.78, 5) is 16.6. The van der Waals surface area contributed by atoms with Gasteiger partial charge in [0, 0.05) is 26.7 Å². The predicted molar refractivity (Wildman–Crippen MR) is 90.4 cm³/mol. The SMILES string of the molecule is CCCC[C@H]1C(=O)N(C)CCN1Cc1cccc(OCCO)c1. The van der Waals surface area contributed by atoms with Gasteiger partial charge in [-0.2, -0.15) is 0 Å². The van der Waals surface area contributed by atoms with Crippen LogP contribution in [-0.2, 0) is 11.3 Å². The number of nitrogens with zero attached hydrogens (tertiary/aromatic N) is 2. The van der Waals surface area contributed by atoms with Gasteiger partial charge in [-0.3, -0.25) is 9.69 Å². The van der Waals surface area contributed by atoms with Crippen molar-refractivity contribution in [3.8, 4) is 5.75 Å². The standard InChI is InChI=1S/C18H28N2O3/c1-3-4-8-17-18(22)19(2)9-10-20(17)14-15-6-5-7-16(13-15)23-12-11-21/h5-7,13,17,21H,3-4,8-12,14H2,1-2H3/t17-/m0/s1. The minimum absolute atomic E-state index is 0.0102. The Kier molecular flexibility index (Phi) is 6.86. The van der Waals surface area contributed by atoms with Gasteiger partial charge in [-0.25, -0.2) is 0 Å². The van der Waals surface area contributed by atoms with Crippen molar-refractivity contribution >= 4 is 5.91 Å². The topological polar surface area (TPSA) is 53.0 Å². The number of likely N-dealkylation sites (N-methyl/N-ethyl adjacent to an activating group) is 1. The number of unbranched alkanes of at least 4 members (excludes halogenated alkanes) is 1. The van der Waals surface area contributed by atoms with Gasteiger partial charge in [0.2, 0.25) is 5.91 Å². The van der Waals surface area contributed by atoms with Gasteiger partial charge >= 0.3 is 0 Å². The van der Waals surface area contributed by atoms with E-state index in [0.717, 1.165) is 50.2 Å². The molecular weight excluding hydrogens is 292 g/mol. The molecule has 1 fully saturated rings. The number of aliphatic hydroxyl groups excluding tert-OH is 1. The average Bonchev–Trinajstić information content (AvgIpc) is 2.56. The fourth-order valence-corrected chi connectivity index (χ4v) is 2.98. The molecule has 128 valence electrons. The van der Waals surface area contributed by atoms with E-state index in [1.807, 2.05) is 30.1 Å². The highest BCUT2D eigenvalue weighted by atomic mass is 16.5. The van der Waals surface area contributed by atoms with Crippen LogP contribution in [0.15, 0.2) is 24.3 Å². The molecule has 1 amide bonds. The van der Waals surface area contributed by atoms with E-state index >= 15 is 0 Å². The van der Waals surface area contributed by atoms with E-state index in [2.05, 4.69) is 17.9 Å². The highest BCUT2D eigenvalue weighted by Gasteiger charge is 2.32. The number of amides is 1. The largest absolute Gasteiger partial charge is 0.491 e. The van der Waals surface area contributed by atoms with Crippen LogP contribution in [0, 0.1) is 0 Å². The van der Waals surface area contributed by atoms with Gasteiger partial charge in [0.05, 0.1) is 12.6 Å². The van der Waals surface area contributed by atoms with Crippen LogP contribution in [-0.4, -0.2) is 60.2 Å². The van der Waals surface area contributed by atoms with Crippen molar-refractivity contribution in [2.45, 2.75) is 38.8 Å². The van der Waals surface area contributed by atoms with Gasteiger partial charge in [-0.05, 0) is 24.1 Å². The van der Waals surface area contributed by atoms with Gasteiger partial charge in [-0.1, -0.05) is 31.9 Å². The van der Waals surface area contributed by atoms with E-state index in [1.165, 1.54) is 0 Å². The summed E-state index contributed by atoms with van der Waals surface area (Å²) in [5.74, 6) is 1.000. The smallest absolute Gasteiger partial charge is 0.239 e. The van der Waals surface area contributed by atoms with Gasteiger partial charge < -0.3 is 14.7 Å². The molecule has 1 saturated heterocycles. The first-order valence-electron chi connectivity index (χ1n) is 8.47. The maximum Gasteiger partial charge on any atom is 0.239 e. The second kappa shape index (κ2) is 8.89. The van der Waals surface area contributed by atoms with Crippen LogP contribution in [0.3, 0.4) is 0 Å². The molecule has 0 aromatic heterocycles. The van der Waals surface area contributed by atoms with E-state index in [1.54, 1.807) is 0 Å². The van der Waals surface area contributed by atoms with Crippen LogP contribution < -0.4 is 4.74 Å². The Morgan fingerprint density at radius 3 is 2.91 bits per heavy atom. The first-order valence-corrected chi connectivity index (χ1v) is 8.47. The fraction of sp³-hybridized carbons (Fsp3) is 0.611. The number of benzene rings is 1. The number of ether oxygens (including phenoxy) is 1. The molecule has 1 aliphatic heterocycles. The lowest BCUT2D eigenvalue weighted by Gasteiger charge is -2.39. The Hall–Kier alpha value is -1.59. The van der Waals surface area contributed by atoms with E-state index in [0.29, 0.717) is 6.61 Å². The maximum atomic E-state index is 12.5. The predicted octanol–water partition coefficient (Wildman–Crippen LogP) is 1.89. The third-order valence-electron chi connectivity index (χ3n) is 4.30. The normalized spacial score (nSPS) is 19.2. The second-order valence-corrected chi connectivity index (χ2v) is 6.11. The number of piperazine rings is 1. The number of rotatable bonds is 8. The molecule has 1 aromatic rings. The molecule has 1 aliphatic rings. The average molecular weight is 320 g/mol. The van der Waals surface area contributed by atoms with Crippen LogP contribution >= 0.6 is 0 Å². The number of carbonyl (C=O) groups is 1. The van der Waals surface area contributed by atoms with Crippen molar-refractivity contribution in [2.75, 3.05) is 33.4 Å². The highest BCUT2D eigenvalue weighted by Crippen LogP contribution is 2.21. The van der Waals surface area contributed by atoms with Crippen molar-refractivity contribution in [1.29, 1.82) is 0 Å². The quantitative estimate of drug-likeness (QED) is 0.795. The molecular formula is C18H28N2O3. The Morgan fingerprint density at radius 2 is 2.17 bits per heavy atom. The lowest BCUT2D eigenvalue weighted by atomic mass is 10.0. The zero-order valence-electron chi connectivity index (χ0n) is 14.2. The monoisotopic (exact) mass is 320 g/mol. The summed E-state index contributed by atoms with van der Waals surface area (Å²) in [5.41, 5.74) is 1.14. The number of hydrogen-bond donors (Lipinski definition) is 1. The molecule has 1 heterocycles. The van der Waals surface area contributed by atoms with Crippen molar-refractivity contribution < 1.29 is 14.6 Å². The molecule has 1 aromatic carbocycles. The minimum Gasteiger partial charge on any atom is -0.491 e. The molecule has 0 saturated carbocycles. The summed E-state index contributed by atoms with van der Waals surface area (Å²) >= 11 is 0. The summed E-state index contributed by atoms with van der Waals surface area (Å²) in [6.07, 6.45) is 3.09. The third kappa shape index (κ3) is 4.94. The lowest BCUT2D eigenvalue weighted by molar-refractivity contribution is -0.140. The first-order chi connectivity index (χ1) is 11.2. The van der Waals surface area contributed by atoms with Crippen LogP contribution in [0.4, 0.5) is 0 Å². The molecule has 0 aliphatic carbocycles. The molecule has 1 atom stereocenters. The molecule has 5 heteroatoms. The van der Waals surface area contributed by atoms with Crippen molar-refractivity contribution in [2.24, 2.45) is 0 Å². The molecule has 0 radical (unpaired) electrons. The lowest BCUT2D eigenvalue weighted by Crippen LogP contribution is -2.55. The summed E-state index contributed by atoms with van der Waals surface area (Å²) in [6, 6.07) is 7.89. The molecule has 1 N–H and O–H groups in total. The van der Waals surface area contributed by atoms with Gasteiger partial charge in [-0.15, -0.1) is 0 Å². The Bertz CT molecular complexity index is 507. The van der Waals surface area contributed by atoms with Gasteiger partial charge in [0.15, 0.2) is 0 Å². The summed E-state index contributed by atoms with van der Waals surface area (Å²) in [7, 11) is 1.89. The maximum absolute atomic E-state index is 12.5. The van der Waals surface area contributed by atoms with Gasteiger partial charge in [0.25, 0.3) is 0 Å². The minimum atomic E-state index is -0.0179. The summed E-state index contributed by atoms with van der Waals surface area (Å²) in [6.45, 7) is 4.90. The Morgan fingerprint density at radius 1 is 1.35 bits per heavy atom. The van der Waals surface area contributed by atoms with E-state index in [4.69, 9.17) is 9.84 Å². The van der Waals surface area contributed by atoms with Gasteiger partial charge in [0.1, 0.15) is 12.4 Å². The first kappa shape index (κ1) is 17.8. The van der Waals surface area contributed by atoms with Crippen LogP contribution in [0.1, 0.15) is 31.7 Å². The van der Waals surface area contributed by atoms with Crippen LogP contribution in [0.25, 0.3) is 0 Å². The molecule has 5 nitrogen and oxygen atoms in total. The number of carbonyl (C=O) groups excluding carboxylic acids is 1. The van der Waals surface area contributed by atoms with E-state index in [9.17, 15) is 4.79 Å². The third-order valence-corrected chi connectivity index (χ3v) is 4.30. The van der Waals surface area contributed by atoms with Crippen LogP contribution in [0.5, 0.6) is 5.75 Å². The zero-order chi connectivity index (χ0) is 16.7. The zero-order valence-corrected chi connectivity index (χ0v) is 14.2. The summed E-state index contributed by atoms with van der Waals surface area (Å²) in [5, 5.41) is 8.85. The van der Waals surface area contributed by atoms with E-state index < -0.39 is 0 Å². The Labute approximate surface area is 138 Å². The molecule has 23 heavy (non-hydrogen) atoms. The van der Waals surface area contributed by atoms with Crippen molar-refractivity contribution in [3.63, 3.8) is 0 Å². The second-order valence-electron chi connectivity index (χ2n) is 6.11. The molecule has 0 bridgehead atoms. The van der Waals surface area contributed by atoms with E-state index in [-0.39, 0.29) is 18.6 Å². The molecule has 0 spiro atoms. The number of aliphatic hydroxyl groups is 1. The summed E-state index contributed by atoms with van der Waals surface area (Å²) < 4.78 is 5.47. The number of hydrogen-bond acceptors (Lipinski definition) is 4. The Balaban J connectivity index is 2.05. The van der Waals surface area contributed by atoms with Crippen LogP contribution in [0.2, 0.25) is 0 Å². The highest BCUT2D eigenvalue weighted by molar-refractivity contribution is 5.82. The molecule has 0 unspecified atom stereocenters. The fourth-order valence-electron chi connectivity index (χ4n) is 2.98. The van der Waals surface area contributed by atoms with Crippen molar-refractivity contribution in [1.82, 2.24) is 9.80 Å².